The number of nitrogens with zero attached hydrogens (tertiary/aromatic N) is 1. The minimum Gasteiger partial charge on any atom is -0.497 e. The molecule has 4 nitrogen and oxygen atoms in total. The standard InChI is InChI=1S/C19H16ClN3OS/c1-24-12-7-5-11(6-8-12)9-22-19-16-13-3-2-4-14(20)17(13)25-18(16)15(21)10-23-19/h2-8,10H,9,21H2,1H3,(H,22,23). The van der Waals surface area contributed by atoms with Gasteiger partial charge in [0.25, 0.3) is 0 Å². The number of halogens is 1. The summed E-state index contributed by atoms with van der Waals surface area (Å²) in [5.41, 5.74) is 7.95. The Hall–Kier alpha value is -2.50. The van der Waals surface area contributed by atoms with Crippen molar-refractivity contribution in [3.8, 4) is 5.75 Å². The highest BCUT2D eigenvalue weighted by Gasteiger charge is 2.14. The lowest BCUT2D eigenvalue weighted by atomic mass is 10.1. The highest BCUT2D eigenvalue weighted by Crippen LogP contribution is 2.42. The molecule has 0 aliphatic rings. The van der Waals surface area contributed by atoms with Crippen LogP contribution < -0.4 is 15.8 Å². The van der Waals surface area contributed by atoms with E-state index in [1.165, 1.54) is 0 Å². The van der Waals surface area contributed by atoms with Gasteiger partial charge in [0.05, 0.1) is 33.4 Å². The number of anilines is 2. The van der Waals surface area contributed by atoms with Crippen molar-refractivity contribution in [1.82, 2.24) is 4.98 Å². The molecule has 0 saturated carbocycles. The SMILES string of the molecule is COc1ccc(CNc2ncc(N)c3sc4c(Cl)cccc4c23)cc1. The Bertz CT molecular complexity index is 1060. The van der Waals surface area contributed by atoms with Crippen LogP contribution >= 0.6 is 22.9 Å². The summed E-state index contributed by atoms with van der Waals surface area (Å²) < 4.78 is 7.24. The summed E-state index contributed by atoms with van der Waals surface area (Å²) in [5.74, 6) is 1.66. The van der Waals surface area contributed by atoms with Crippen LogP contribution in [0.15, 0.2) is 48.7 Å². The van der Waals surface area contributed by atoms with E-state index in [9.17, 15) is 0 Å². The molecule has 0 aliphatic carbocycles. The summed E-state index contributed by atoms with van der Waals surface area (Å²) in [6.45, 7) is 0.661. The molecule has 2 heterocycles. The predicted octanol–water partition coefficient (Wildman–Crippen LogP) is 5.31. The number of aromatic nitrogens is 1. The second-order valence-electron chi connectivity index (χ2n) is 5.69. The molecular weight excluding hydrogens is 354 g/mol. The molecule has 0 spiro atoms. The van der Waals surface area contributed by atoms with Gasteiger partial charge in [-0.1, -0.05) is 35.9 Å². The maximum absolute atomic E-state index is 6.35. The molecule has 4 rings (SSSR count). The second-order valence-corrected chi connectivity index (χ2v) is 7.11. The molecular formula is C19H16ClN3OS. The van der Waals surface area contributed by atoms with E-state index >= 15 is 0 Å². The maximum atomic E-state index is 6.35. The Morgan fingerprint density at radius 1 is 1.16 bits per heavy atom. The van der Waals surface area contributed by atoms with Crippen LogP contribution in [-0.4, -0.2) is 12.1 Å². The lowest BCUT2D eigenvalue weighted by molar-refractivity contribution is 0.414. The van der Waals surface area contributed by atoms with Crippen LogP contribution in [0.25, 0.3) is 20.2 Å². The van der Waals surface area contributed by atoms with Crippen molar-refractivity contribution < 1.29 is 4.74 Å². The smallest absolute Gasteiger partial charge is 0.135 e. The van der Waals surface area contributed by atoms with Crippen molar-refractivity contribution in [2.75, 3.05) is 18.2 Å². The average molecular weight is 370 g/mol. The van der Waals surface area contributed by atoms with Crippen LogP contribution in [0.5, 0.6) is 5.75 Å². The van der Waals surface area contributed by atoms with Gasteiger partial charge in [0, 0.05) is 17.3 Å². The minimum atomic E-state index is 0.661. The zero-order valence-electron chi connectivity index (χ0n) is 13.5. The number of methoxy groups -OCH3 is 1. The highest BCUT2D eigenvalue weighted by atomic mass is 35.5. The van der Waals surface area contributed by atoms with Gasteiger partial charge in [-0.25, -0.2) is 4.98 Å². The van der Waals surface area contributed by atoms with Gasteiger partial charge in [0.1, 0.15) is 11.6 Å². The van der Waals surface area contributed by atoms with Crippen molar-refractivity contribution in [2.45, 2.75) is 6.54 Å². The first-order chi connectivity index (χ1) is 12.2. The molecule has 0 radical (unpaired) electrons. The minimum absolute atomic E-state index is 0.661. The van der Waals surface area contributed by atoms with Gasteiger partial charge in [-0.15, -0.1) is 11.3 Å². The number of nitrogens with two attached hydrogens (primary N) is 1. The number of nitrogen functional groups attached to an aromatic ring is 1. The fourth-order valence-electron chi connectivity index (χ4n) is 2.84. The van der Waals surface area contributed by atoms with Crippen LogP contribution in [0.1, 0.15) is 5.56 Å². The van der Waals surface area contributed by atoms with Crippen molar-refractivity contribution in [2.24, 2.45) is 0 Å². The zero-order valence-corrected chi connectivity index (χ0v) is 15.1. The van der Waals surface area contributed by atoms with Crippen LogP contribution in [0.4, 0.5) is 11.5 Å². The molecule has 0 saturated heterocycles. The molecule has 0 bridgehead atoms. The van der Waals surface area contributed by atoms with Gasteiger partial charge in [0.15, 0.2) is 0 Å². The molecule has 25 heavy (non-hydrogen) atoms. The number of thiophene rings is 1. The zero-order chi connectivity index (χ0) is 17.4. The predicted molar refractivity (Wildman–Crippen MR) is 107 cm³/mol. The Balaban J connectivity index is 1.75. The quantitative estimate of drug-likeness (QED) is 0.512. The summed E-state index contributed by atoms with van der Waals surface area (Å²) in [6.07, 6.45) is 1.70. The van der Waals surface area contributed by atoms with Crippen molar-refractivity contribution in [3.63, 3.8) is 0 Å². The monoisotopic (exact) mass is 369 g/mol. The summed E-state index contributed by atoms with van der Waals surface area (Å²) in [5, 5.41) is 6.26. The number of hydrogen-bond acceptors (Lipinski definition) is 5. The van der Waals surface area contributed by atoms with E-state index in [2.05, 4.69) is 16.4 Å². The molecule has 6 heteroatoms. The molecule has 0 fully saturated rings. The van der Waals surface area contributed by atoms with Gasteiger partial charge in [-0.3, -0.25) is 0 Å². The van der Waals surface area contributed by atoms with Gasteiger partial charge >= 0.3 is 0 Å². The van der Waals surface area contributed by atoms with Gasteiger partial charge in [0.2, 0.25) is 0 Å². The number of nitrogens with one attached hydrogen (secondary N) is 1. The van der Waals surface area contributed by atoms with Crippen LogP contribution in [-0.2, 0) is 6.54 Å². The van der Waals surface area contributed by atoms with Gasteiger partial charge < -0.3 is 15.8 Å². The fraction of sp³-hybridized carbons (Fsp3) is 0.105. The van der Waals surface area contributed by atoms with Crippen LogP contribution in [0.2, 0.25) is 5.02 Å². The van der Waals surface area contributed by atoms with Crippen LogP contribution in [0.3, 0.4) is 0 Å². The van der Waals surface area contributed by atoms with E-state index in [0.29, 0.717) is 12.2 Å². The van der Waals surface area contributed by atoms with Crippen molar-refractivity contribution in [1.29, 1.82) is 0 Å². The van der Waals surface area contributed by atoms with Crippen LogP contribution in [0, 0.1) is 0 Å². The molecule has 0 aliphatic heterocycles. The summed E-state index contributed by atoms with van der Waals surface area (Å²) >= 11 is 7.95. The Morgan fingerprint density at radius 2 is 1.96 bits per heavy atom. The summed E-state index contributed by atoms with van der Waals surface area (Å²) in [6, 6.07) is 13.9. The van der Waals surface area contributed by atoms with E-state index in [0.717, 1.165) is 42.3 Å². The lowest BCUT2D eigenvalue weighted by Gasteiger charge is -2.09. The second kappa shape index (κ2) is 6.43. The maximum Gasteiger partial charge on any atom is 0.135 e. The highest BCUT2D eigenvalue weighted by molar-refractivity contribution is 7.27. The number of rotatable bonds is 4. The normalized spacial score (nSPS) is 11.1. The molecule has 4 aromatic rings. The topological polar surface area (TPSA) is 60.2 Å². The van der Waals surface area contributed by atoms with Gasteiger partial charge in [-0.2, -0.15) is 0 Å². The average Bonchev–Trinajstić information content (AvgIpc) is 3.04. The first-order valence-electron chi connectivity index (χ1n) is 7.79. The lowest BCUT2D eigenvalue weighted by Crippen LogP contribution is -2.02. The van der Waals surface area contributed by atoms with Crippen molar-refractivity contribution >= 4 is 54.6 Å². The number of benzene rings is 2. The number of fused-ring (bicyclic) bond motifs is 3. The van der Waals surface area contributed by atoms with Crippen molar-refractivity contribution in [3.05, 3.63) is 59.2 Å². The summed E-state index contributed by atoms with van der Waals surface area (Å²) in [4.78, 5) is 4.51. The molecule has 0 atom stereocenters. The number of hydrogen-bond donors (Lipinski definition) is 2. The number of ether oxygens (including phenoxy) is 1. The largest absolute Gasteiger partial charge is 0.497 e. The Morgan fingerprint density at radius 3 is 2.72 bits per heavy atom. The molecule has 0 unspecified atom stereocenters. The number of pyridine rings is 1. The molecule has 126 valence electrons. The molecule has 2 aromatic heterocycles. The third-order valence-electron chi connectivity index (χ3n) is 4.12. The Kier molecular flexibility index (Phi) is 4.11. The Labute approximate surface area is 154 Å². The molecule has 3 N–H and O–H groups in total. The van der Waals surface area contributed by atoms with E-state index in [-0.39, 0.29) is 0 Å². The first-order valence-corrected chi connectivity index (χ1v) is 8.99. The molecule has 2 aromatic carbocycles. The third kappa shape index (κ3) is 2.86. The summed E-state index contributed by atoms with van der Waals surface area (Å²) in [7, 11) is 1.66. The third-order valence-corrected chi connectivity index (χ3v) is 5.83. The van der Waals surface area contributed by atoms with E-state index in [1.54, 1.807) is 24.6 Å². The fourth-order valence-corrected chi connectivity index (χ4v) is 4.26. The first kappa shape index (κ1) is 16.0. The van der Waals surface area contributed by atoms with E-state index in [4.69, 9.17) is 22.1 Å². The van der Waals surface area contributed by atoms with E-state index in [1.807, 2.05) is 36.4 Å². The van der Waals surface area contributed by atoms with Gasteiger partial charge in [-0.05, 0) is 23.8 Å². The molecule has 0 amide bonds. The van der Waals surface area contributed by atoms with E-state index < -0.39 is 0 Å².